The number of carbonyl (C=O) groups excluding carboxylic acids is 1. The molecule has 3 N–H and O–H groups in total. The monoisotopic (exact) mass is 505 g/mol. The summed E-state index contributed by atoms with van der Waals surface area (Å²) in [6.07, 6.45) is -3.73. The molecule has 4 aromatic heterocycles. The molecule has 0 aromatic carbocycles. The third kappa shape index (κ3) is 4.38. The molecule has 5 rings (SSSR count). The van der Waals surface area contributed by atoms with E-state index in [9.17, 15) is 22.4 Å². The number of amides is 1. The van der Waals surface area contributed by atoms with Crippen LogP contribution >= 0.6 is 0 Å². The molecule has 2 atom stereocenters. The normalized spacial score (nSPS) is 18.8. The van der Waals surface area contributed by atoms with Crippen LogP contribution in [-0.2, 0) is 11.3 Å². The van der Waals surface area contributed by atoms with E-state index in [-0.39, 0.29) is 35.7 Å². The Bertz CT molecular complexity index is 1460. The van der Waals surface area contributed by atoms with Gasteiger partial charge in [0.1, 0.15) is 29.6 Å². The van der Waals surface area contributed by atoms with Crippen molar-refractivity contribution in [2.45, 2.75) is 45.2 Å². The molecule has 0 aliphatic carbocycles. The van der Waals surface area contributed by atoms with Gasteiger partial charge in [0.15, 0.2) is 11.5 Å². The first-order chi connectivity index (χ1) is 17.0. The average molecular weight is 505 g/mol. The number of hydrogen-bond acceptors (Lipinski definition) is 7. The van der Waals surface area contributed by atoms with Crippen LogP contribution in [0.4, 0.5) is 29.3 Å². The molecule has 190 valence electrons. The highest BCUT2D eigenvalue weighted by atomic mass is 19.4. The molecular formula is C22H23F4N9O. The molecule has 14 heteroatoms. The van der Waals surface area contributed by atoms with Gasteiger partial charge in [-0.15, -0.1) is 5.10 Å². The molecule has 0 saturated carbocycles. The van der Waals surface area contributed by atoms with E-state index in [1.807, 2.05) is 0 Å². The Morgan fingerprint density at radius 3 is 2.69 bits per heavy atom. The lowest BCUT2D eigenvalue weighted by Crippen LogP contribution is -2.49. The number of likely N-dealkylation sites (tertiary alicyclic amines) is 1. The number of nitrogens with two attached hydrogens (primary N) is 1. The minimum atomic E-state index is -4.43. The summed E-state index contributed by atoms with van der Waals surface area (Å²) in [4.78, 5) is 25.8. The van der Waals surface area contributed by atoms with Crippen LogP contribution in [0.2, 0.25) is 0 Å². The Morgan fingerprint density at radius 1 is 1.22 bits per heavy atom. The largest absolute Gasteiger partial charge is 0.406 e. The zero-order chi connectivity index (χ0) is 25.8. The number of alkyl halides is 4. The Kier molecular flexibility index (Phi) is 5.68. The van der Waals surface area contributed by atoms with Gasteiger partial charge in [-0.1, -0.05) is 0 Å². The number of fused-ring (bicyclic) bond motifs is 2. The molecule has 1 aliphatic rings. The number of anilines is 2. The van der Waals surface area contributed by atoms with Crippen LogP contribution in [0.3, 0.4) is 0 Å². The van der Waals surface area contributed by atoms with Crippen molar-refractivity contribution in [2.75, 3.05) is 24.1 Å². The second-order valence-electron chi connectivity index (χ2n) is 8.76. The number of halogens is 4. The van der Waals surface area contributed by atoms with E-state index in [1.165, 1.54) is 23.3 Å². The molecule has 5 heterocycles. The summed E-state index contributed by atoms with van der Waals surface area (Å²) in [5.74, 6) is 0.230. The first kappa shape index (κ1) is 23.8. The van der Waals surface area contributed by atoms with Crippen LogP contribution in [0.1, 0.15) is 19.2 Å². The number of piperidine rings is 1. The number of aromatic nitrogens is 6. The van der Waals surface area contributed by atoms with Crippen molar-refractivity contribution in [3.05, 3.63) is 30.2 Å². The number of aryl methyl sites for hydroxylation is 1. The smallest absolute Gasteiger partial charge is 0.382 e. The third-order valence-electron chi connectivity index (χ3n) is 6.24. The van der Waals surface area contributed by atoms with Crippen molar-refractivity contribution in [3.63, 3.8) is 0 Å². The summed E-state index contributed by atoms with van der Waals surface area (Å²) in [6.45, 7) is 2.09. The minimum Gasteiger partial charge on any atom is -0.382 e. The maximum atomic E-state index is 14.6. The molecule has 1 saturated heterocycles. The summed E-state index contributed by atoms with van der Waals surface area (Å²) in [6, 6.07) is 4.33. The van der Waals surface area contributed by atoms with Gasteiger partial charge < -0.3 is 20.5 Å². The molecular weight excluding hydrogens is 482 g/mol. The Hall–Kier alpha value is -3.97. The second kappa shape index (κ2) is 8.60. The number of nitrogens with one attached hydrogen (secondary N) is 1. The quantitative estimate of drug-likeness (QED) is 0.409. The summed E-state index contributed by atoms with van der Waals surface area (Å²) < 4.78 is 56.4. The molecule has 0 radical (unpaired) electrons. The summed E-state index contributed by atoms with van der Waals surface area (Å²) >= 11 is 0. The zero-order valence-electron chi connectivity index (χ0n) is 19.4. The number of pyridine rings is 1. The lowest BCUT2D eigenvalue weighted by Gasteiger charge is -2.34. The van der Waals surface area contributed by atoms with Gasteiger partial charge in [-0.3, -0.25) is 4.79 Å². The average Bonchev–Trinajstić information content (AvgIpc) is 3.35. The van der Waals surface area contributed by atoms with Gasteiger partial charge in [0.25, 0.3) is 0 Å². The van der Waals surface area contributed by atoms with Gasteiger partial charge in [-0.25, -0.2) is 18.9 Å². The Labute approximate surface area is 202 Å². The van der Waals surface area contributed by atoms with E-state index >= 15 is 0 Å². The molecule has 1 aliphatic heterocycles. The van der Waals surface area contributed by atoms with Crippen LogP contribution in [-0.4, -0.2) is 71.4 Å². The maximum Gasteiger partial charge on any atom is 0.406 e. The van der Waals surface area contributed by atoms with E-state index < -0.39 is 24.9 Å². The molecule has 10 nitrogen and oxygen atoms in total. The van der Waals surface area contributed by atoms with E-state index in [2.05, 4.69) is 25.4 Å². The summed E-state index contributed by atoms with van der Waals surface area (Å²) in [5.41, 5.74) is 7.98. The lowest BCUT2D eigenvalue weighted by atomic mass is 10.0. The maximum absolute atomic E-state index is 14.6. The van der Waals surface area contributed by atoms with Crippen LogP contribution < -0.4 is 11.1 Å². The van der Waals surface area contributed by atoms with Crippen molar-refractivity contribution in [1.29, 1.82) is 0 Å². The summed E-state index contributed by atoms with van der Waals surface area (Å²) in [7, 11) is 0. The first-order valence-electron chi connectivity index (χ1n) is 11.2. The van der Waals surface area contributed by atoms with E-state index in [0.717, 1.165) is 4.57 Å². The van der Waals surface area contributed by atoms with Crippen molar-refractivity contribution in [1.82, 2.24) is 34.0 Å². The van der Waals surface area contributed by atoms with Gasteiger partial charge >= 0.3 is 6.18 Å². The van der Waals surface area contributed by atoms with Gasteiger partial charge in [-0.2, -0.15) is 18.2 Å². The van der Waals surface area contributed by atoms with Crippen molar-refractivity contribution < 1.29 is 22.4 Å². The number of rotatable bonds is 4. The molecule has 1 amide bonds. The molecule has 4 aromatic rings. The fraction of sp³-hybridized carbons (Fsp3) is 0.409. The van der Waals surface area contributed by atoms with Gasteiger partial charge in [0.05, 0.1) is 18.3 Å². The molecule has 1 fully saturated rings. The topological polar surface area (TPSA) is 119 Å². The minimum absolute atomic E-state index is 0.0169. The zero-order valence-corrected chi connectivity index (χ0v) is 19.4. The predicted molar refractivity (Wildman–Crippen MR) is 124 cm³/mol. The predicted octanol–water partition coefficient (Wildman–Crippen LogP) is 2.96. The fourth-order valence-electron chi connectivity index (χ4n) is 4.47. The first-order valence-corrected chi connectivity index (χ1v) is 11.2. The van der Waals surface area contributed by atoms with Crippen LogP contribution in [0.25, 0.3) is 27.9 Å². The van der Waals surface area contributed by atoms with Gasteiger partial charge in [0.2, 0.25) is 11.9 Å². The highest BCUT2D eigenvalue weighted by Gasteiger charge is 2.32. The standard InChI is InChI=1S/C22H23F4N9O/c1-11-28-17-4-3-15(29-20(17)34(11)10-22(24,25)26)13-5-8-35-18(13)19(27)31-21(32-35)30-16-6-7-33(12(2)36)9-14(16)23/h3-5,8,14,16H,6-7,9-10H2,1-2H3,(H3,27,30,31,32). The van der Waals surface area contributed by atoms with Crippen LogP contribution in [0.5, 0.6) is 0 Å². The van der Waals surface area contributed by atoms with Crippen molar-refractivity contribution >= 4 is 34.4 Å². The second-order valence-corrected chi connectivity index (χ2v) is 8.76. The SMILES string of the molecule is CC(=O)N1CCC(Nc2nc(N)c3c(-c4ccc5nc(C)n(CC(F)(F)F)c5n4)ccn3n2)C(F)C1. The third-order valence-corrected chi connectivity index (χ3v) is 6.24. The fourth-order valence-corrected chi connectivity index (χ4v) is 4.47. The van der Waals surface area contributed by atoms with Crippen LogP contribution in [0.15, 0.2) is 24.4 Å². The number of imidazole rings is 1. The molecule has 0 spiro atoms. The molecule has 36 heavy (non-hydrogen) atoms. The van der Waals surface area contributed by atoms with Gasteiger partial charge in [0, 0.05) is 25.2 Å². The molecule has 2 unspecified atom stereocenters. The van der Waals surface area contributed by atoms with Crippen LogP contribution in [0, 0.1) is 6.92 Å². The van der Waals surface area contributed by atoms with E-state index in [4.69, 9.17) is 5.73 Å². The highest BCUT2D eigenvalue weighted by molar-refractivity contribution is 5.88. The van der Waals surface area contributed by atoms with E-state index in [0.29, 0.717) is 35.3 Å². The highest BCUT2D eigenvalue weighted by Crippen LogP contribution is 2.30. The number of carbonyl (C=O) groups is 1. The number of hydrogen-bond donors (Lipinski definition) is 2. The van der Waals surface area contributed by atoms with Gasteiger partial charge in [-0.05, 0) is 31.5 Å². The number of nitrogens with zero attached hydrogens (tertiary/aromatic N) is 7. The lowest BCUT2D eigenvalue weighted by molar-refractivity contribution is -0.140. The number of nitrogen functional groups attached to an aromatic ring is 1. The Balaban J connectivity index is 1.46. The molecule has 0 bridgehead atoms. The van der Waals surface area contributed by atoms with E-state index in [1.54, 1.807) is 24.4 Å². The Morgan fingerprint density at radius 2 is 2.00 bits per heavy atom. The van der Waals surface area contributed by atoms with Crippen molar-refractivity contribution in [2.24, 2.45) is 0 Å². The summed E-state index contributed by atoms with van der Waals surface area (Å²) in [5, 5.41) is 7.33. The van der Waals surface area contributed by atoms with Crippen molar-refractivity contribution in [3.8, 4) is 11.3 Å².